The SMILES string of the molecule is CC(=O)c1ccc(COc2nsc3ccccc23)cc1. The molecule has 0 aliphatic rings. The van der Waals surface area contributed by atoms with Gasteiger partial charge in [0.05, 0.1) is 10.1 Å². The van der Waals surface area contributed by atoms with Crippen LogP contribution < -0.4 is 4.74 Å². The average molecular weight is 283 g/mol. The number of aromatic nitrogens is 1. The Morgan fingerprint density at radius 3 is 2.65 bits per heavy atom. The highest BCUT2D eigenvalue weighted by atomic mass is 32.1. The second-order valence-corrected chi connectivity index (χ2v) is 5.33. The molecule has 20 heavy (non-hydrogen) atoms. The van der Waals surface area contributed by atoms with Gasteiger partial charge in [-0.1, -0.05) is 36.4 Å². The summed E-state index contributed by atoms with van der Waals surface area (Å²) in [6, 6.07) is 15.5. The molecular weight excluding hydrogens is 270 g/mol. The van der Waals surface area contributed by atoms with Gasteiger partial charge in [-0.05, 0) is 36.2 Å². The van der Waals surface area contributed by atoms with Crippen molar-refractivity contribution in [1.29, 1.82) is 0 Å². The van der Waals surface area contributed by atoms with Crippen LogP contribution in [-0.4, -0.2) is 10.2 Å². The van der Waals surface area contributed by atoms with Crippen LogP contribution in [0.3, 0.4) is 0 Å². The zero-order chi connectivity index (χ0) is 13.9. The Balaban J connectivity index is 1.74. The van der Waals surface area contributed by atoms with Crippen LogP contribution in [-0.2, 0) is 6.61 Å². The molecule has 0 unspecified atom stereocenters. The molecule has 1 heterocycles. The van der Waals surface area contributed by atoms with Crippen LogP contribution in [0.1, 0.15) is 22.8 Å². The monoisotopic (exact) mass is 283 g/mol. The molecule has 0 fully saturated rings. The first-order valence-corrected chi connectivity index (χ1v) is 7.08. The first kappa shape index (κ1) is 12.8. The maximum absolute atomic E-state index is 11.2. The molecule has 3 rings (SSSR count). The van der Waals surface area contributed by atoms with Crippen LogP contribution in [0, 0.1) is 0 Å². The van der Waals surface area contributed by atoms with Crippen LogP contribution in [0.15, 0.2) is 48.5 Å². The number of carbonyl (C=O) groups excluding carboxylic acids is 1. The van der Waals surface area contributed by atoms with E-state index in [0.29, 0.717) is 18.1 Å². The van der Waals surface area contributed by atoms with Gasteiger partial charge in [0, 0.05) is 5.56 Å². The third kappa shape index (κ3) is 2.56. The standard InChI is InChI=1S/C16H13NO2S/c1-11(18)13-8-6-12(7-9-13)10-19-16-14-4-2-3-5-15(14)20-17-16/h2-9H,10H2,1H3. The molecule has 100 valence electrons. The van der Waals surface area contributed by atoms with Crippen molar-refractivity contribution in [2.24, 2.45) is 0 Å². The fraction of sp³-hybridized carbons (Fsp3) is 0.125. The number of fused-ring (bicyclic) bond motifs is 1. The molecule has 4 heteroatoms. The molecule has 0 aliphatic heterocycles. The molecule has 0 bridgehead atoms. The molecule has 0 spiro atoms. The number of carbonyl (C=O) groups is 1. The van der Waals surface area contributed by atoms with Gasteiger partial charge >= 0.3 is 0 Å². The van der Waals surface area contributed by atoms with Gasteiger partial charge < -0.3 is 4.74 Å². The highest BCUT2D eigenvalue weighted by Crippen LogP contribution is 2.28. The predicted molar refractivity (Wildman–Crippen MR) is 80.4 cm³/mol. The lowest BCUT2D eigenvalue weighted by molar-refractivity contribution is 0.101. The van der Waals surface area contributed by atoms with Crippen molar-refractivity contribution in [2.75, 3.05) is 0 Å². The summed E-state index contributed by atoms with van der Waals surface area (Å²) < 4.78 is 11.2. The fourth-order valence-electron chi connectivity index (χ4n) is 1.95. The number of hydrogen-bond donors (Lipinski definition) is 0. The lowest BCUT2D eigenvalue weighted by Gasteiger charge is -2.04. The van der Waals surface area contributed by atoms with Gasteiger partial charge in [-0.2, -0.15) is 4.37 Å². The number of ketones is 1. The summed E-state index contributed by atoms with van der Waals surface area (Å²) in [6.07, 6.45) is 0. The average Bonchev–Trinajstić information content (AvgIpc) is 2.89. The molecule has 0 atom stereocenters. The van der Waals surface area contributed by atoms with Gasteiger partial charge in [-0.3, -0.25) is 4.79 Å². The van der Waals surface area contributed by atoms with E-state index < -0.39 is 0 Å². The van der Waals surface area contributed by atoms with Crippen molar-refractivity contribution in [3.8, 4) is 5.88 Å². The molecule has 0 saturated heterocycles. The maximum Gasteiger partial charge on any atom is 0.233 e. The number of hydrogen-bond acceptors (Lipinski definition) is 4. The summed E-state index contributed by atoms with van der Waals surface area (Å²) >= 11 is 1.44. The van der Waals surface area contributed by atoms with Crippen LogP contribution >= 0.6 is 11.5 Å². The molecule has 0 saturated carbocycles. The smallest absolute Gasteiger partial charge is 0.233 e. The quantitative estimate of drug-likeness (QED) is 0.677. The Morgan fingerprint density at radius 1 is 1.15 bits per heavy atom. The van der Waals surface area contributed by atoms with Crippen molar-refractivity contribution in [3.05, 3.63) is 59.7 Å². The summed E-state index contributed by atoms with van der Waals surface area (Å²) in [7, 11) is 0. The molecular formula is C16H13NO2S. The van der Waals surface area contributed by atoms with E-state index in [0.717, 1.165) is 15.6 Å². The summed E-state index contributed by atoms with van der Waals surface area (Å²) in [4.78, 5) is 11.2. The number of nitrogens with zero attached hydrogens (tertiary/aromatic N) is 1. The number of Topliss-reactive ketones (excluding diaryl/α,β-unsaturated/α-hetero) is 1. The predicted octanol–water partition coefficient (Wildman–Crippen LogP) is 4.08. The molecule has 2 aromatic carbocycles. The van der Waals surface area contributed by atoms with Crippen LogP contribution in [0.2, 0.25) is 0 Å². The number of benzene rings is 2. The van der Waals surface area contributed by atoms with E-state index in [4.69, 9.17) is 4.74 Å². The third-order valence-corrected chi connectivity index (χ3v) is 3.89. The van der Waals surface area contributed by atoms with E-state index in [1.54, 1.807) is 6.92 Å². The Hall–Kier alpha value is -2.20. The molecule has 0 amide bonds. The van der Waals surface area contributed by atoms with Crippen molar-refractivity contribution in [1.82, 2.24) is 4.37 Å². The van der Waals surface area contributed by atoms with Crippen molar-refractivity contribution in [2.45, 2.75) is 13.5 Å². The van der Waals surface area contributed by atoms with Crippen LogP contribution in [0.5, 0.6) is 5.88 Å². The van der Waals surface area contributed by atoms with E-state index in [1.807, 2.05) is 48.5 Å². The van der Waals surface area contributed by atoms with Crippen LogP contribution in [0.25, 0.3) is 10.1 Å². The normalized spacial score (nSPS) is 10.7. The zero-order valence-electron chi connectivity index (χ0n) is 11.0. The van der Waals surface area contributed by atoms with Gasteiger partial charge in [0.15, 0.2) is 5.78 Å². The van der Waals surface area contributed by atoms with Crippen LogP contribution in [0.4, 0.5) is 0 Å². The van der Waals surface area contributed by atoms with Gasteiger partial charge in [-0.25, -0.2) is 0 Å². The fourth-order valence-corrected chi connectivity index (χ4v) is 2.68. The van der Waals surface area contributed by atoms with Gasteiger partial charge in [-0.15, -0.1) is 0 Å². The van der Waals surface area contributed by atoms with Gasteiger partial charge in [0.1, 0.15) is 6.61 Å². The first-order chi connectivity index (χ1) is 9.74. The van der Waals surface area contributed by atoms with E-state index >= 15 is 0 Å². The van der Waals surface area contributed by atoms with Gasteiger partial charge in [0.25, 0.3) is 0 Å². The zero-order valence-corrected chi connectivity index (χ0v) is 11.8. The summed E-state index contributed by atoms with van der Waals surface area (Å²) in [6.45, 7) is 2.01. The van der Waals surface area contributed by atoms with Gasteiger partial charge in [0.2, 0.25) is 5.88 Å². The van der Waals surface area contributed by atoms with E-state index in [1.165, 1.54) is 11.5 Å². The minimum Gasteiger partial charge on any atom is -0.472 e. The molecule has 1 aromatic heterocycles. The van der Waals surface area contributed by atoms with E-state index in [-0.39, 0.29) is 5.78 Å². The molecule has 0 N–H and O–H groups in total. The number of ether oxygens (including phenoxy) is 1. The third-order valence-electron chi connectivity index (χ3n) is 3.08. The minimum atomic E-state index is 0.0722. The lowest BCUT2D eigenvalue weighted by Crippen LogP contribution is -1.97. The molecule has 0 aliphatic carbocycles. The summed E-state index contributed by atoms with van der Waals surface area (Å²) in [5.41, 5.74) is 1.74. The topological polar surface area (TPSA) is 39.2 Å². The maximum atomic E-state index is 11.2. The second-order valence-electron chi connectivity index (χ2n) is 4.53. The summed E-state index contributed by atoms with van der Waals surface area (Å²) in [5, 5.41) is 1.04. The minimum absolute atomic E-state index is 0.0722. The molecule has 0 radical (unpaired) electrons. The van der Waals surface area contributed by atoms with E-state index in [2.05, 4.69) is 4.37 Å². The lowest BCUT2D eigenvalue weighted by atomic mass is 10.1. The second kappa shape index (κ2) is 5.43. The molecule has 3 aromatic rings. The highest BCUT2D eigenvalue weighted by Gasteiger charge is 2.06. The Labute approximate surface area is 121 Å². The van der Waals surface area contributed by atoms with Crippen molar-refractivity contribution >= 4 is 27.4 Å². The largest absolute Gasteiger partial charge is 0.472 e. The first-order valence-electron chi connectivity index (χ1n) is 6.31. The van der Waals surface area contributed by atoms with E-state index in [9.17, 15) is 4.79 Å². The Morgan fingerprint density at radius 2 is 1.90 bits per heavy atom. The van der Waals surface area contributed by atoms with Crippen molar-refractivity contribution in [3.63, 3.8) is 0 Å². The highest BCUT2D eigenvalue weighted by molar-refractivity contribution is 7.13. The Kier molecular flexibility index (Phi) is 3.48. The Bertz CT molecular complexity index is 747. The molecule has 3 nitrogen and oxygen atoms in total. The van der Waals surface area contributed by atoms with Crippen molar-refractivity contribution < 1.29 is 9.53 Å². The summed E-state index contributed by atoms with van der Waals surface area (Å²) in [5.74, 6) is 0.740. The number of rotatable bonds is 4.